The van der Waals surface area contributed by atoms with Crippen LogP contribution in [0, 0.1) is 5.21 Å². The predicted octanol–water partition coefficient (Wildman–Crippen LogP) is 0.255. The minimum absolute atomic E-state index is 0.120. The fourth-order valence-electron chi connectivity index (χ4n) is 4.05. The Bertz CT molecular complexity index is 1340. The van der Waals surface area contributed by atoms with Gasteiger partial charge in [-0.05, 0) is 36.6 Å². The van der Waals surface area contributed by atoms with Gasteiger partial charge in [0.1, 0.15) is 11.0 Å². The number of H-pyrrole nitrogens is 2. The third kappa shape index (κ3) is 4.24. The smallest absolute Gasteiger partial charge is 0.272 e. The molecule has 34 heavy (non-hydrogen) atoms. The molecule has 0 saturated heterocycles. The number of aromatic amines is 2. The summed E-state index contributed by atoms with van der Waals surface area (Å²) in [6.07, 6.45) is 1.08. The van der Waals surface area contributed by atoms with Crippen LogP contribution < -0.4 is 10.5 Å². The van der Waals surface area contributed by atoms with Crippen molar-refractivity contribution in [1.29, 1.82) is 0 Å². The first-order chi connectivity index (χ1) is 16.5. The van der Waals surface area contributed by atoms with Crippen LogP contribution in [0.2, 0.25) is 0 Å². The summed E-state index contributed by atoms with van der Waals surface area (Å²) in [7, 11) is 0. The van der Waals surface area contributed by atoms with Gasteiger partial charge in [-0.1, -0.05) is 12.1 Å². The number of quaternary nitrogens is 1. The molecule has 0 bridgehead atoms. The second-order valence-electron chi connectivity index (χ2n) is 8.04. The lowest BCUT2D eigenvalue weighted by molar-refractivity contribution is -0.991. The fraction of sp³-hybridized carbons (Fsp3) is 0.227. The van der Waals surface area contributed by atoms with Crippen LogP contribution in [-0.4, -0.2) is 60.6 Å². The molecule has 2 aromatic carbocycles. The number of aromatic nitrogens is 5. The third-order valence-corrected chi connectivity index (χ3v) is 5.90. The van der Waals surface area contributed by atoms with Crippen LogP contribution in [-0.2, 0) is 19.4 Å². The molecule has 5 N–H and O–H groups in total. The van der Waals surface area contributed by atoms with Crippen LogP contribution in [0.25, 0.3) is 11.0 Å². The van der Waals surface area contributed by atoms with E-state index in [0.29, 0.717) is 54.8 Å². The maximum Gasteiger partial charge on any atom is 0.272 e. The summed E-state index contributed by atoms with van der Waals surface area (Å²) in [5.74, 6) is -0.402. The van der Waals surface area contributed by atoms with Crippen molar-refractivity contribution in [2.45, 2.75) is 19.4 Å². The first kappa shape index (κ1) is 21.7. The molecular weight excluding hydrogens is 440 g/mol. The van der Waals surface area contributed by atoms with Crippen LogP contribution in [0.3, 0.4) is 0 Å². The van der Waals surface area contributed by atoms with E-state index in [4.69, 9.17) is 5.21 Å². The van der Waals surface area contributed by atoms with E-state index in [-0.39, 0.29) is 17.5 Å². The van der Waals surface area contributed by atoms with Gasteiger partial charge in [-0.15, -0.1) is 0 Å². The highest BCUT2D eigenvalue weighted by molar-refractivity contribution is 5.97. The monoisotopic (exact) mass is 462 g/mol. The number of nitrogens with one attached hydrogen (secondary N) is 4. The summed E-state index contributed by atoms with van der Waals surface area (Å²) >= 11 is 0. The van der Waals surface area contributed by atoms with Gasteiger partial charge in [-0.25, -0.2) is 5.21 Å². The Labute approximate surface area is 193 Å². The highest BCUT2D eigenvalue weighted by Crippen LogP contribution is 2.22. The summed E-state index contributed by atoms with van der Waals surface area (Å²) in [5.41, 5.74) is 4.90. The van der Waals surface area contributed by atoms with Crippen LogP contribution in [0.1, 0.15) is 37.7 Å². The molecule has 0 fully saturated rings. The lowest BCUT2D eigenvalue weighted by Gasteiger charge is -2.27. The summed E-state index contributed by atoms with van der Waals surface area (Å²) in [6.45, 7) is 1.20. The Balaban J connectivity index is 1.19. The van der Waals surface area contributed by atoms with Gasteiger partial charge in [0.15, 0.2) is 11.4 Å². The molecule has 3 heterocycles. The summed E-state index contributed by atoms with van der Waals surface area (Å²) < 4.78 is 0. The molecule has 5 rings (SSSR count). The average Bonchev–Trinajstić information content (AvgIpc) is 3.50. The highest BCUT2D eigenvalue weighted by Gasteiger charge is 2.28. The van der Waals surface area contributed by atoms with E-state index in [1.807, 2.05) is 0 Å². The van der Waals surface area contributed by atoms with Crippen LogP contribution in [0.5, 0.6) is 0 Å². The van der Waals surface area contributed by atoms with Crippen LogP contribution in [0.15, 0.2) is 42.5 Å². The van der Waals surface area contributed by atoms with Crippen LogP contribution in [0.4, 0.5) is 5.69 Å². The zero-order valence-electron chi connectivity index (χ0n) is 18.0. The van der Waals surface area contributed by atoms with E-state index in [2.05, 4.69) is 30.9 Å². The number of fused-ring (bicyclic) bond motifs is 2. The Morgan fingerprint density at radius 3 is 2.71 bits per heavy atom. The van der Waals surface area contributed by atoms with Crippen molar-refractivity contribution < 1.29 is 20.0 Å². The molecule has 2 amide bonds. The van der Waals surface area contributed by atoms with Gasteiger partial charge in [-0.3, -0.25) is 14.7 Å². The molecule has 1 atom stereocenters. The van der Waals surface area contributed by atoms with E-state index in [1.165, 1.54) is 0 Å². The molecule has 174 valence electrons. The number of nitrogens with zero attached hydrogens (tertiary/aromatic N) is 4. The predicted molar refractivity (Wildman–Crippen MR) is 119 cm³/mol. The molecule has 1 aliphatic heterocycles. The van der Waals surface area contributed by atoms with Gasteiger partial charge < -0.3 is 15.4 Å². The molecule has 0 spiro atoms. The van der Waals surface area contributed by atoms with E-state index in [0.717, 1.165) is 16.8 Å². The largest absolute Gasteiger partial charge is 0.595 e. The molecule has 0 radical (unpaired) electrons. The standard InChI is InChI=1S/C22H22N8O4/c31-21(23-9-7-13-1-4-15(5-2-13)30(33)34)20-16-8-10-29(12-19(16)24-27-20)22(32)14-3-6-17-18(11-14)26-28-25-17/h1-6,11,30,33H,7-10,12H2,(H,23,31)(H,24,27)(H,25,26,28). The zero-order valence-corrected chi connectivity index (χ0v) is 18.0. The highest BCUT2D eigenvalue weighted by atomic mass is 16.8. The van der Waals surface area contributed by atoms with Gasteiger partial charge in [0.05, 0.1) is 12.2 Å². The quantitative estimate of drug-likeness (QED) is 0.256. The SMILES string of the molecule is O=C(NCCc1ccc([NH+]([O-])O)cc1)c1n[nH]c2c1CCN(C(=O)c1ccc3n[nH]nc3c1)C2. The maximum atomic E-state index is 13.0. The van der Waals surface area contributed by atoms with E-state index >= 15 is 0 Å². The van der Waals surface area contributed by atoms with Crippen molar-refractivity contribution in [2.75, 3.05) is 13.1 Å². The minimum atomic E-state index is -0.973. The second-order valence-corrected chi connectivity index (χ2v) is 8.04. The number of amides is 2. The first-order valence-electron chi connectivity index (χ1n) is 10.8. The Kier molecular flexibility index (Phi) is 5.76. The van der Waals surface area contributed by atoms with Crippen molar-refractivity contribution in [3.63, 3.8) is 0 Å². The molecule has 12 heteroatoms. The van der Waals surface area contributed by atoms with Gasteiger partial charge in [0, 0.05) is 36.3 Å². The summed E-state index contributed by atoms with van der Waals surface area (Å²) in [5, 5.41) is 39.5. The van der Waals surface area contributed by atoms with Crippen molar-refractivity contribution in [3.05, 3.63) is 75.8 Å². The second kappa shape index (κ2) is 9.02. The number of rotatable bonds is 6. The lowest BCUT2D eigenvalue weighted by atomic mass is 10.0. The number of hydrogen-bond acceptors (Lipinski definition) is 7. The van der Waals surface area contributed by atoms with Gasteiger partial charge in [0.25, 0.3) is 11.8 Å². The van der Waals surface area contributed by atoms with Gasteiger partial charge in [0.2, 0.25) is 0 Å². The molecular formula is C22H22N8O4. The molecule has 4 aromatic rings. The summed E-state index contributed by atoms with van der Waals surface area (Å²) in [6, 6.07) is 11.7. The van der Waals surface area contributed by atoms with Crippen molar-refractivity contribution in [3.8, 4) is 0 Å². The third-order valence-electron chi connectivity index (χ3n) is 5.90. The molecule has 0 aliphatic carbocycles. The maximum absolute atomic E-state index is 13.0. The first-order valence-corrected chi connectivity index (χ1v) is 10.8. The van der Waals surface area contributed by atoms with E-state index in [1.54, 1.807) is 47.4 Å². The number of carbonyl (C=O) groups is 2. The van der Waals surface area contributed by atoms with Crippen molar-refractivity contribution >= 4 is 28.5 Å². The van der Waals surface area contributed by atoms with Gasteiger partial charge >= 0.3 is 0 Å². The number of hydrogen-bond donors (Lipinski definition) is 5. The van der Waals surface area contributed by atoms with Crippen molar-refractivity contribution in [1.82, 2.24) is 35.8 Å². The Morgan fingerprint density at radius 1 is 1.12 bits per heavy atom. The Morgan fingerprint density at radius 2 is 1.91 bits per heavy atom. The lowest BCUT2D eigenvalue weighted by Crippen LogP contribution is -2.99. The topological polar surface area (TPSA) is 167 Å². The number of benzene rings is 2. The molecule has 1 aliphatic rings. The van der Waals surface area contributed by atoms with Crippen LogP contribution >= 0.6 is 0 Å². The Hall–Kier alpha value is -4.13. The fourth-order valence-corrected chi connectivity index (χ4v) is 4.05. The van der Waals surface area contributed by atoms with E-state index < -0.39 is 5.23 Å². The zero-order chi connectivity index (χ0) is 23.7. The molecule has 2 aromatic heterocycles. The average molecular weight is 462 g/mol. The molecule has 0 saturated carbocycles. The summed E-state index contributed by atoms with van der Waals surface area (Å²) in [4.78, 5) is 27.4. The number of carbonyl (C=O) groups excluding carboxylic acids is 2. The van der Waals surface area contributed by atoms with Crippen molar-refractivity contribution in [2.24, 2.45) is 0 Å². The van der Waals surface area contributed by atoms with E-state index in [9.17, 15) is 14.8 Å². The molecule has 12 nitrogen and oxygen atoms in total. The molecule has 1 unspecified atom stereocenters. The normalized spacial score (nSPS) is 14.1. The van der Waals surface area contributed by atoms with Gasteiger partial charge in [-0.2, -0.15) is 25.7 Å². The minimum Gasteiger partial charge on any atom is -0.595 e.